The summed E-state index contributed by atoms with van der Waals surface area (Å²) in [6, 6.07) is 14.7. The van der Waals surface area contributed by atoms with E-state index in [0.29, 0.717) is 5.56 Å². The van der Waals surface area contributed by atoms with Crippen LogP contribution in [-0.4, -0.2) is 53.2 Å². The Bertz CT molecular complexity index is 1050. The second kappa shape index (κ2) is 7.97. The molecular weight excluding hydrogens is 346 g/mol. The van der Waals surface area contributed by atoms with Crippen molar-refractivity contribution in [1.29, 1.82) is 5.26 Å². The fraction of sp³-hybridized carbons (Fsp3) is 0.304. The van der Waals surface area contributed by atoms with Crippen molar-refractivity contribution in [1.82, 2.24) is 20.0 Å². The monoisotopic (exact) mass is 371 g/mol. The molecule has 0 radical (unpaired) electrons. The van der Waals surface area contributed by atoms with E-state index in [9.17, 15) is 5.26 Å². The Kier molecular flexibility index (Phi) is 5.25. The smallest absolute Gasteiger partial charge is 0.0994 e. The number of rotatable bonds is 4. The summed E-state index contributed by atoms with van der Waals surface area (Å²) in [5.41, 5.74) is 5.99. The van der Waals surface area contributed by atoms with E-state index in [2.05, 4.69) is 63.5 Å². The summed E-state index contributed by atoms with van der Waals surface area (Å²) in [5, 5.41) is 17.8. The molecule has 28 heavy (non-hydrogen) atoms. The lowest BCUT2D eigenvalue weighted by Gasteiger charge is -2.32. The van der Waals surface area contributed by atoms with Crippen LogP contribution in [0, 0.1) is 18.3 Å². The Labute approximate surface area is 165 Å². The van der Waals surface area contributed by atoms with Gasteiger partial charge in [-0.05, 0) is 48.9 Å². The number of benzene rings is 2. The number of aromatic nitrogens is 2. The maximum absolute atomic E-state index is 9.29. The first-order valence-electron chi connectivity index (χ1n) is 9.70. The summed E-state index contributed by atoms with van der Waals surface area (Å²) >= 11 is 0. The van der Waals surface area contributed by atoms with Crippen LogP contribution in [0.4, 0.5) is 0 Å². The average Bonchev–Trinajstić information content (AvgIpc) is 3.13. The lowest BCUT2D eigenvalue weighted by molar-refractivity contribution is 0.148. The number of aromatic amines is 1. The predicted molar refractivity (Wildman–Crippen MR) is 114 cm³/mol. The minimum absolute atomic E-state index is 0.692. The van der Waals surface area contributed by atoms with Crippen molar-refractivity contribution in [3.8, 4) is 6.07 Å². The minimum atomic E-state index is 0.692. The van der Waals surface area contributed by atoms with E-state index in [0.717, 1.165) is 60.4 Å². The molecule has 5 nitrogen and oxygen atoms in total. The number of hydrogen-bond donors (Lipinski definition) is 1. The third-order valence-electron chi connectivity index (χ3n) is 5.53. The number of nitrogens with zero attached hydrogens (tertiary/aromatic N) is 4. The molecule has 2 heterocycles. The summed E-state index contributed by atoms with van der Waals surface area (Å²) in [4.78, 5) is 4.89. The van der Waals surface area contributed by atoms with E-state index in [-0.39, 0.29) is 0 Å². The lowest BCUT2D eigenvalue weighted by atomic mass is 10.0. The zero-order chi connectivity index (χ0) is 19.5. The number of nitrogens with one attached hydrogen (secondary N) is 1. The minimum Gasteiger partial charge on any atom is -0.304 e. The molecule has 0 spiro atoms. The molecule has 0 unspecified atom stereocenters. The zero-order valence-electron chi connectivity index (χ0n) is 16.4. The first-order valence-corrected chi connectivity index (χ1v) is 9.70. The first-order chi connectivity index (χ1) is 13.6. The van der Waals surface area contributed by atoms with Gasteiger partial charge in [-0.3, -0.25) is 10.00 Å². The van der Waals surface area contributed by atoms with Crippen molar-refractivity contribution < 1.29 is 0 Å². The Morgan fingerprint density at radius 2 is 1.96 bits per heavy atom. The van der Waals surface area contributed by atoms with Crippen LogP contribution in [0.25, 0.3) is 23.1 Å². The molecule has 4 rings (SSSR count). The fourth-order valence-electron chi connectivity index (χ4n) is 3.79. The number of fused-ring (bicyclic) bond motifs is 1. The van der Waals surface area contributed by atoms with Gasteiger partial charge in [-0.25, -0.2) is 0 Å². The quantitative estimate of drug-likeness (QED) is 0.760. The van der Waals surface area contributed by atoms with Crippen molar-refractivity contribution in [2.75, 3.05) is 33.2 Å². The third kappa shape index (κ3) is 3.84. The van der Waals surface area contributed by atoms with Gasteiger partial charge in [0.25, 0.3) is 0 Å². The largest absolute Gasteiger partial charge is 0.304 e. The van der Waals surface area contributed by atoms with Crippen LogP contribution in [0.3, 0.4) is 0 Å². The van der Waals surface area contributed by atoms with E-state index in [1.165, 1.54) is 5.56 Å². The molecule has 0 saturated carbocycles. The van der Waals surface area contributed by atoms with Gasteiger partial charge < -0.3 is 4.90 Å². The van der Waals surface area contributed by atoms with E-state index >= 15 is 0 Å². The highest BCUT2D eigenvalue weighted by Gasteiger charge is 2.14. The average molecular weight is 371 g/mol. The van der Waals surface area contributed by atoms with Crippen molar-refractivity contribution >= 4 is 23.1 Å². The molecule has 3 aromatic rings. The molecule has 0 aliphatic carbocycles. The van der Waals surface area contributed by atoms with Crippen molar-refractivity contribution in [2.45, 2.75) is 13.5 Å². The van der Waals surface area contributed by atoms with Gasteiger partial charge in [-0.15, -0.1) is 0 Å². The van der Waals surface area contributed by atoms with E-state index < -0.39 is 0 Å². The molecule has 1 N–H and O–H groups in total. The Hall–Kier alpha value is -2.94. The van der Waals surface area contributed by atoms with E-state index in [1.54, 1.807) is 0 Å². The molecular formula is C23H25N5. The van der Waals surface area contributed by atoms with Gasteiger partial charge in [0.1, 0.15) is 0 Å². The molecule has 0 atom stereocenters. The Balaban J connectivity index is 1.54. The van der Waals surface area contributed by atoms with Crippen LogP contribution in [-0.2, 0) is 6.54 Å². The molecule has 1 aliphatic rings. The summed E-state index contributed by atoms with van der Waals surface area (Å²) in [6.07, 6.45) is 4.13. The number of H-pyrrole nitrogens is 1. The van der Waals surface area contributed by atoms with Crippen LogP contribution >= 0.6 is 0 Å². The normalized spacial score (nSPS) is 16.0. The Morgan fingerprint density at radius 1 is 1.14 bits per heavy atom. The number of likely N-dealkylation sites (N-methyl/N-ethyl adjacent to an activating group) is 1. The molecule has 2 aromatic carbocycles. The van der Waals surface area contributed by atoms with Crippen LogP contribution < -0.4 is 0 Å². The van der Waals surface area contributed by atoms with Gasteiger partial charge in [-0.2, -0.15) is 10.4 Å². The van der Waals surface area contributed by atoms with Gasteiger partial charge in [0.2, 0.25) is 0 Å². The number of nitriles is 1. The lowest BCUT2D eigenvalue weighted by Crippen LogP contribution is -2.43. The molecule has 0 amide bonds. The predicted octanol–water partition coefficient (Wildman–Crippen LogP) is 3.66. The Morgan fingerprint density at radius 3 is 2.75 bits per heavy atom. The van der Waals surface area contributed by atoms with Gasteiger partial charge in [0.05, 0.1) is 22.8 Å². The highest BCUT2D eigenvalue weighted by Crippen LogP contribution is 2.24. The molecule has 0 bridgehead atoms. The fourth-order valence-corrected chi connectivity index (χ4v) is 3.79. The second-order valence-corrected chi connectivity index (χ2v) is 7.54. The maximum atomic E-state index is 9.29. The number of piperazine rings is 1. The number of hydrogen-bond acceptors (Lipinski definition) is 4. The van der Waals surface area contributed by atoms with Gasteiger partial charge in [-0.1, -0.05) is 30.3 Å². The van der Waals surface area contributed by atoms with Crippen molar-refractivity contribution in [2.24, 2.45) is 0 Å². The molecule has 1 aromatic heterocycles. The molecule has 5 heteroatoms. The van der Waals surface area contributed by atoms with Crippen LogP contribution in [0.15, 0.2) is 36.4 Å². The molecule has 1 aliphatic heterocycles. The van der Waals surface area contributed by atoms with E-state index in [1.807, 2.05) is 25.1 Å². The molecule has 1 saturated heterocycles. The topological polar surface area (TPSA) is 59.0 Å². The highest BCUT2D eigenvalue weighted by molar-refractivity contribution is 5.93. The zero-order valence-corrected chi connectivity index (χ0v) is 16.4. The van der Waals surface area contributed by atoms with Crippen LogP contribution in [0.1, 0.15) is 27.9 Å². The molecule has 1 fully saturated rings. The standard InChI is InChI=1S/C23H25N5/c1-17-20(15-24)7-9-22-23(17)21(25-26-22)8-6-18-4-3-5-19(14-18)16-28-12-10-27(2)11-13-28/h3-9,14H,10-13,16H2,1-2H3,(H,25,26)/b8-6+. The maximum Gasteiger partial charge on any atom is 0.0994 e. The van der Waals surface area contributed by atoms with Gasteiger partial charge in [0, 0.05) is 38.1 Å². The highest BCUT2D eigenvalue weighted by atomic mass is 15.2. The number of aryl methyl sites for hydroxylation is 1. The first kappa shape index (κ1) is 18.4. The SMILES string of the molecule is Cc1c(C#N)ccc2[nH]nc(/C=C/c3cccc(CN4CCN(C)CC4)c3)c12. The van der Waals surface area contributed by atoms with E-state index in [4.69, 9.17) is 0 Å². The summed E-state index contributed by atoms with van der Waals surface area (Å²) in [6.45, 7) is 7.48. The molecule has 142 valence electrons. The van der Waals surface area contributed by atoms with Gasteiger partial charge in [0.15, 0.2) is 0 Å². The summed E-state index contributed by atoms with van der Waals surface area (Å²) < 4.78 is 0. The second-order valence-electron chi connectivity index (χ2n) is 7.54. The van der Waals surface area contributed by atoms with Crippen LogP contribution in [0.2, 0.25) is 0 Å². The third-order valence-corrected chi connectivity index (χ3v) is 5.53. The van der Waals surface area contributed by atoms with Crippen LogP contribution in [0.5, 0.6) is 0 Å². The van der Waals surface area contributed by atoms with Crippen molar-refractivity contribution in [3.63, 3.8) is 0 Å². The summed E-state index contributed by atoms with van der Waals surface area (Å²) in [5.74, 6) is 0. The van der Waals surface area contributed by atoms with Gasteiger partial charge >= 0.3 is 0 Å². The summed E-state index contributed by atoms with van der Waals surface area (Å²) in [7, 11) is 2.18. The van der Waals surface area contributed by atoms with Crippen molar-refractivity contribution in [3.05, 3.63) is 64.3 Å².